The Morgan fingerprint density at radius 2 is 1.53 bits per heavy atom. The van der Waals surface area contributed by atoms with Crippen molar-refractivity contribution in [2.45, 2.75) is 0 Å². The summed E-state index contributed by atoms with van der Waals surface area (Å²) in [5.74, 6) is 1.07. The van der Waals surface area contributed by atoms with Crippen molar-refractivity contribution >= 4 is 23.1 Å². The van der Waals surface area contributed by atoms with Gasteiger partial charge in [-0.3, -0.25) is 0 Å². The fraction of sp³-hybridized carbons (Fsp3) is 0.267. The minimum absolute atomic E-state index is 0.788. The van der Waals surface area contributed by atoms with E-state index in [4.69, 9.17) is 11.6 Å². The highest BCUT2D eigenvalue weighted by Crippen LogP contribution is 2.20. The second-order valence-corrected chi connectivity index (χ2v) is 5.07. The lowest BCUT2D eigenvalue weighted by Gasteiger charge is -2.36. The van der Waals surface area contributed by atoms with Crippen LogP contribution in [0.5, 0.6) is 0 Å². The van der Waals surface area contributed by atoms with Gasteiger partial charge in [-0.25, -0.2) is 4.98 Å². The van der Waals surface area contributed by atoms with Gasteiger partial charge in [0, 0.05) is 43.1 Å². The monoisotopic (exact) mass is 273 g/mol. The van der Waals surface area contributed by atoms with Crippen LogP contribution in [0.3, 0.4) is 0 Å². The molecule has 0 spiro atoms. The van der Waals surface area contributed by atoms with Crippen LogP contribution < -0.4 is 9.80 Å². The Bertz CT molecular complexity index is 519. The summed E-state index contributed by atoms with van der Waals surface area (Å²) in [6, 6.07) is 14.1. The van der Waals surface area contributed by atoms with Crippen LogP contribution in [0, 0.1) is 0 Å². The number of piperazine rings is 1. The van der Waals surface area contributed by atoms with Gasteiger partial charge in [-0.1, -0.05) is 17.7 Å². The van der Waals surface area contributed by atoms with Gasteiger partial charge in [0.1, 0.15) is 5.82 Å². The van der Waals surface area contributed by atoms with Gasteiger partial charge in [-0.15, -0.1) is 0 Å². The average molecular weight is 274 g/mol. The zero-order valence-electron chi connectivity index (χ0n) is 10.7. The van der Waals surface area contributed by atoms with Crippen molar-refractivity contribution < 1.29 is 0 Å². The molecule has 0 bridgehead atoms. The van der Waals surface area contributed by atoms with E-state index in [2.05, 4.69) is 33.0 Å². The average Bonchev–Trinajstić information content (AvgIpc) is 2.49. The second kappa shape index (κ2) is 5.49. The molecule has 1 fully saturated rings. The van der Waals surface area contributed by atoms with E-state index in [0.29, 0.717) is 0 Å². The van der Waals surface area contributed by atoms with Crippen molar-refractivity contribution in [3.05, 3.63) is 53.7 Å². The van der Waals surface area contributed by atoms with E-state index in [9.17, 15) is 0 Å². The molecule has 0 radical (unpaired) electrons. The van der Waals surface area contributed by atoms with Crippen molar-refractivity contribution in [2.24, 2.45) is 0 Å². The Morgan fingerprint density at radius 1 is 0.842 bits per heavy atom. The summed E-state index contributed by atoms with van der Waals surface area (Å²) < 4.78 is 0. The summed E-state index contributed by atoms with van der Waals surface area (Å²) in [6.45, 7) is 4.02. The van der Waals surface area contributed by atoms with E-state index < -0.39 is 0 Å². The standard InChI is InChI=1S/C15H16ClN3/c16-13-4-6-14(7-5-13)18-9-11-19(12-10-18)15-3-1-2-8-17-15/h1-8H,9-12H2. The lowest BCUT2D eigenvalue weighted by atomic mass is 10.2. The number of pyridine rings is 1. The largest absolute Gasteiger partial charge is 0.368 e. The molecule has 1 aliphatic heterocycles. The first-order chi connectivity index (χ1) is 9.33. The predicted octanol–water partition coefficient (Wildman–Crippen LogP) is 3.06. The number of benzene rings is 1. The third-order valence-electron chi connectivity index (χ3n) is 3.44. The molecule has 0 atom stereocenters. The minimum atomic E-state index is 0.788. The summed E-state index contributed by atoms with van der Waals surface area (Å²) in [5.41, 5.74) is 1.24. The first-order valence-electron chi connectivity index (χ1n) is 6.49. The molecule has 1 aromatic carbocycles. The van der Waals surface area contributed by atoms with Gasteiger partial charge in [0.05, 0.1) is 0 Å². The summed E-state index contributed by atoms with van der Waals surface area (Å²) in [4.78, 5) is 9.11. The number of aromatic nitrogens is 1. The fourth-order valence-electron chi connectivity index (χ4n) is 2.39. The van der Waals surface area contributed by atoms with Crippen molar-refractivity contribution in [1.82, 2.24) is 4.98 Å². The Morgan fingerprint density at radius 3 is 2.16 bits per heavy atom. The Labute approximate surface area is 118 Å². The maximum atomic E-state index is 5.92. The highest BCUT2D eigenvalue weighted by molar-refractivity contribution is 6.30. The fourth-order valence-corrected chi connectivity index (χ4v) is 2.51. The molecule has 2 aromatic rings. The van der Waals surface area contributed by atoms with Crippen molar-refractivity contribution in [2.75, 3.05) is 36.0 Å². The van der Waals surface area contributed by atoms with Gasteiger partial charge in [0.2, 0.25) is 0 Å². The maximum Gasteiger partial charge on any atom is 0.128 e. The van der Waals surface area contributed by atoms with Gasteiger partial charge in [-0.2, -0.15) is 0 Å². The maximum absolute atomic E-state index is 5.92. The van der Waals surface area contributed by atoms with Crippen LogP contribution >= 0.6 is 11.6 Å². The van der Waals surface area contributed by atoms with E-state index in [1.165, 1.54) is 5.69 Å². The third kappa shape index (κ3) is 2.82. The van der Waals surface area contributed by atoms with E-state index in [-0.39, 0.29) is 0 Å². The predicted molar refractivity (Wildman–Crippen MR) is 80.1 cm³/mol. The smallest absolute Gasteiger partial charge is 0.128 e. The lowest BCUT2D eigenvalue weighted by molar-refractivity contribution is 0.647. The zero-order chi connectivity index (χ0) is 13.1. The van der Waals surface area contributed by atoms with Crippen LogP contribution in [0.4, 0.5) is 11.5 Å². The molecular weight excluding hydrogens is 258 g/mol. The van der Waals surface area contributed by atoms with Crippen LogP contribution in [0.2, 0.25) is 5.02 Å². The molecular formula is C15H16ClN3. The Balaban J connectivity index is 1.65. The van der Waals surface area contributed by atoms with Crippen LogP contribution in [0.1, 0.15) is 0 Å². The second-order valence-electron chi connectivity index (χ2n) is 4.64. The molecule has 0 N–H and O–H groups in total. The molecule has 1 saturated heterocycles. The minimum Gasteiger partial charge on any atom is -0.368 e. The zero-order valence-corrected chi connectivity index (χ0v) is 11.4. The number of nitrogens with zero attached hydrogens (tertiary/aromatic N) is 3. The SMILES string of the molecule is Clc1ccc(N2CCN(c3ccccn3)CC2)cc1. The van der Waals surface area contributed by atoms with Gasteiger partial charge in [0.25, 0.3) is 0 Å². The van der Waals surface area contributed by atoms with E-state index in [1.807, 2.05) is 30.5 Å². The highest BCUT2D eigenvalue weighted by atomic mass is 35.5. The Hall–Kier alpha value is -1.74. The number of rotatable bonds is 2. The summed E-state index contributed by atoms with van der Waals surface area (Å²) >= 11 is 5.92. The van der Waals surface area contributed by atoms with Crippen LogP contribution in [-0.4, -0.2) is 31.2 Å². The lowest BCUT2D eigenvalue weighted by Crippen LogP contribution is -2.46. The van der Waals surface area contributed by atoms with Gasteiger partial charge in [-0.05, 0) is 36.4 Å². The Kier molecular flexibility index (Phi) is 3.56. The molecule has 3 rings (SSSR count). The van der Waals surface area contributed by atoms with Crippen LogP contribution in [0.25, 0.3) is 0 Å². The molecule has 0 saturated carbocycles. The molecule has 0 unspecified atom stereocenters. The molecule has 2 heterocycles. The highest BCUT2D eigenvalue weighted by Gasteiger charge is 2.17. The third-order valence-corrected chi connectivity index (χ3v) is 3.70. The summed E-state index contributed by atoms with van der Waals surface area (Å²) in [5, 5.41) is 0.788. The molecule has 0 aliphatic carbocycles. The number of hydrogen-bond donors (Lipinski definition) is 0. The first-order valence-corrected chi connectivity index (χ1v) is 6.87. The quantitative estimate of drug-likeness (QED) is 0.838. The topological polar surface area (TPSA) is 19.4 Å². The van der Waals surface area contributed by atoms with Crippen molar-refractivity contribution in [1.29, 1.82) is 0 Å². The summed E-state index contributed by atoms with van der Waals surface area (Å²) in [6.07, 6.45) is 1.85. The van der Waals surface area contributed by atoms with E-state index >= 15 is 0 Å². The molecule has 3 nitrogen and oxygen atoms in total. The van der Waals surface area contributed by atoms with Crippen molar-refractivity contribution in [3.63, 3.8) is 0 Å². The molecule has 98 valence electrons. The number of hydrogen-bond acceptors (Lipinski definition) is 3. The van der Waals surface area contributed by atoms with E-state index in [0.717, 1.165) is 37.0 Å². The first kappa shape index (κ1) is 12.3. The van der Waals surface area contributed by atoms with E-state index in [1.54, 1.807) is 0 Å². The molecule has 0 amide bonds. The normalized spacial score (nSPS) is 15.6. The van der Waals surface area contributed by atoms with Crippen LogP contribution in [-0.2, 0) is 0 Å². The molecule has 1 aromatic heterocycles. The molecule has 1 aliphatic rings. The summed E-state index contributed by atoms with van der Waals surface area (Å²) in [7, 11) is 0. The van der Waals surface area contributed by atoms with Crippen LogP contribution in [0.15, 0.2) is 48.7 Å². The van der Waals surface area contributed by atoms with Crippen molar-refractivity contribution in [3.8, 4) is 0 Å². The number of anilines is 2. The van der Waals surface area contributed by atoms with Gasteiger partial charge in [0.15, 0.2) is 0 Å². The van der Waals surface area contributed by atoms with Gasteiger partial charge >= 0.3 is 0 Å². The van der Waals surface area contributed by atoms with Gasteiger partial charge < -0.3 is 9.80 Å². The molecule has 19 heavy (non-hydrogen) atoms. The number of halogens is 1. The molecule has 4 heteroatoms.